The molecule has 0 heterocycles. The lowest BCUT2D eigenvalue weighted by Gasteiger charge is -2.20. The van der Waals surface area contributed by atoms with Crippen molar-refractivity contribution in [3.63, 3.8) is 0 Å². The van der Waals surface area contributed by atoms with Gasteiger partial charge in [0.2, 0.25) is 0 Å². The standard InChI is InChI=1S/C16H12F4O/c17-13-8-6-12(7-9-13)15(21)10-14(16(18,19)20)11-4-2-1-3-5-11/h1-9,14H,10H2/t14-/m1/s1. The van der Waals surface area contributed by atoms with Crippen molar-refractivity contribution in [2.24, 2.45) is 0 Å². The maximum atomic E-state index is 13.1. The largest absolute Gasteiger partial charge is 0.396 e. The van der Waals surface area contributed by atoms with Crippen molar-refractivity contribution >= 4 is 5.78 Å². The van der Waals surface area contributed by atoms with Crippen molar-refractivity contribution in [2.45, 2.75) is 18.5 Å². The van der Waals surface area contributed by atoms with Gasteiger partial charge in [0.05, 0.1) is 5.92 Å². The Morgan fingerprint density at radius 1 is 0.952 bits per heavy atom. The Balaban J connectivity index is 2.24. The molecule has 21 heavy (non-hydrogen) atoms. The summed E-state index contributed by atoms with van der Waals surface area (Å²) in [5.41, 5.74) is 0.113. The van der Waals surface area contributed by atoms with Crippen LogP contribution in [0.1, 0.15) is 28.3 Å². The summed E-state index contributed by atoms with van der Waals surface area (Å²) in [6.45, 7) is 0. The van der Waals surface area contributed by atoms with Crippen LogP contribution in [0.5, 0.6) is 0 Å². The van der Waals surface area contributed by atoms with Gasteiger partial charge in [0.1, 0.15) is 5.82 Å². The summed E-state index contributed by atoms with van der Waals surface area (Å²) in [6, 6.07) is 11.8. The summed E-state index contributed by atoms with van der Waals surface area (Å²) in [5, 5.41) is 0. The van der Waals surface area contributed by atoms with E-state index in [1.54, 1.807) is 6.07 Å². The van der Waals surface area contributed by atoms with Crippen LogP contribution in [-0.2, 0) is 0 Å². The SMILES string of the molecule is O=C(C[C@H](c1ccccc1)C(F)(F)F)c1ccc(F)cc1. The fourth-order valence-electron chi connectivity index (χ4n) is 2.05. The van der Waals surface area contributed by atoms with Crippen LogP contribution in [0.25, 0.3) is 0 Å². The molecule has 0 aliphatic heterocycles. The molecule has 1 nitrogen and oxygen atoms in total. The minimum atomic E-state index is -4.52. The summed E-state index contributed by atoms with van der Waals surface area (Å²) in [4.78, 5) is 12.0. The molecule has 0 unspecified atom stereocenters. The second kappa shape index (κ2) is 6.08. The fraction of sp³-hybridized carbons (Fsp3) is 0.188. The zero-order chi connectivity index (χ0) is 15.5. The summed E-state index contributed by atoms with van der Waals surface area (Å²) in [5.74, 6) is -3.07. The van der Waals surface area contributed by atoms with Crippen molar-refractivity contribution in [3.05, 3.63) is 71.5 Å². The highest BCUT2D eigenvalue weighted by molar-refractivity contribution is 5.96. The van der Waals surface area contributed by atoms with Gasteiger partial charge in [-0.25, -0.2) is 4.39 Å². The summed E-state index contributed by atoms with van der Waals surface area (Å²) < 4.78 is 52.2. The van der Waals surface area contributed by atoms with Crippen molar-refractivity contribution in [3.8, 4) is 0 Å². The molecule has 2 aromatic rings. The zero-order valence-corrected chi connectivity index (χ0v) is 10.9. The van der Waals surface area contributed by atoms with Gasteiger partial charge in [-0.05, 0) is 29.8 Å². The molecule has 0 aliphatic carbocycles. The number of hydrogen-bond donors (Lipinski definition) is 0. The van der Waals surface area contributed by atoms with E-state index < -0.39 is 30.1 Å². The first-order valence-corrected chi connectivity index (χ1v) is 6.28. The first kappa shape index (κ1) is 15.2. The van der Waals surface area contributed by atoms with Crippen LogP contribution in [-0.4, -0.2) is 12.0 Å². The molecule has 5 heteroatoms. The number of rotatable bonds is 4. The monoisotopic (exact) mass is 296 g/mol. The number of hydrogen-bond acceptors (Lipinski definition) is 1. The van der Waals surface area contributed by atoms with Crippen molar-refractivity contribution in [2.75, 3.05) is 0 Å². The predicted octanol–water partition coefficient (Wildman–Crippen LogP) is 4.74. The molecule has 0 bridgehead atoms. The van der Waals surface area contributed by atoms with Gasteiger partial charge in [-0.1, -0.05) is 30.3 Å². The normalized spacial score (nSPS) is 13.0. The van der Waals surface area contributed by atoms with E-state index in [2.05, 4.69) is 0 Å². The maximum Gasteiger partial charge on any atom is 0.396 e. The quantitative estimate of drug-likeness (QED) is 0.588. The first-order chi connectivity index (χ1) is 9.88. The summed E-state index contributed by atoms with van der Waals surface area (Å²) in [6.07, 6.45) is -5.21. The molecule has 0 saturated carbocycles. The van der Waals surface area contributed by atoms with Crippen LogP contribution in [0.3, 0.4) is 0 Å². The molecule has 1 atom stereocenters. The minimum Gasteiger partial charge on any atom is -0.294 e. The minimum absolute atomic E-state index is 0.0421. The molecular formula is C16H12F4O. The third-order valence-corrected chi connectivity index (χ3v) is 3.15. The highest BCUT2D eigenvalue weighted by Gasteiger charge is 2.41. The third-order valence-electron chi connectivity index (χ3n) is 3.15. The molecule has 2 aromatic carbocycles. The number of carbonyl (C=O) groups is 1. The van der Waals surface area contributed by atoms with E-state index in [1.165, 1.54) is 36.4 Å². The van der Waals surface area contributed by atoms with Gasteiger partial charge in [-0.2, -0.15) is 13.2 Å². The van der Waals surface area contributed by atoms with Crippen LogP contribution < -0.4 is 0 Å². The van der Waals surface area contributed by atoms with Gasteiger partial charge in [0, 0.05) is 12.0 Å². The Morgan fingerprint density at radius 3 is 2.05 bits per heavy atom. The van der Waals surface area contributed by atoms with Crippen molar-refractivity contribution < 1.29 is 22.4 Å². The molecule has 0 fully saturated rings. The van der Waals surface area contributed by atoms with Crippen LogP contribution in [0.2, 0.25) is 0 Å². The average Bonchev–Trinajstić information content (AvgIpc) is 2.45. The molecule has 2 rings (SSSR count). The van der Waals surface area contributed by atoms with E-state index in [1.807, 2.05) is 0 Å². The Hall–Kier alpha value is -2.17. The molecule has 0 radical (unpaired) electrons. The molecule has 0 saturated heterocycles. The van der Waals surface area contributed by atoms with E-state index in [0.717, 1.165) is 12.1 Å². The number of carbonyl (C=O) groups excluding carboxylic acids is 1. The number of ketones is 1. The Morgan fingerprint density at radius 2 is 1.52 bits per heavy atom. The topological polar surface area (TPSA) is 17.1 Å². The van der Waals surface area contributed by atoms with E-state index in [9.17, 15) is 22.4 Å². The van der Waals surface area contributed by atoms with Crippen LogP contribution in [0.4, 0.5) is 17.6 Å². The Bertz CT molecular complexity index is 602. The van der Waals surface area contributed by atoms with E-state index in [0.29, 0.717) is 0 Å². The molecule has 0 amide bonds. The highest BCUT2D eigenvalue weighted by atomic mass is 19.4. The highest BCUT2D eigenvalue weighted by Crippen LogP contribution is 2.38. The van der Waals surface area contributed by atoms with E-state index in [-0.39, 0.29) is 11.1 Å². The van der Waals surface area contributed by atoms with Gasteiger partial charge in [-0.3, -0.25) is 4.79 Å². The van der Waals surface area contributed by atoms with Gasteiger partial charge in [0.15, 0.2) is 5.78 Å². The van der Waals surface area contributed by atoms with Crippen LogP contribution in [0.15, 0.2) is 54.6 Å². The molecule has 0 N–H and O–H groups in total. The lowest BCUT2D eigenvalue weighted by Crippen LogP contribution is -2.23. The summed E-state index contributed by atoms with van der Waals surface area (Å²) in [7, 11) is 0. The van der Waals surface area contributed by atoms with Gasteiger partial charge in [-0.15, -0.1) is 0 Å². The van der Waals surface area contributed by atoms with Crippen molar-refractivity contribution in [1.29, 1.82) is 0 Å². The zero-order valence-electron chi connectivity index (χ0n) is 10.9. The molecule has 0 spiro atoms. The van der Waals surface area contributed by atoms with Gasteiger partial charge >= 0.3 is 6.18 Å². The molecule has 0 aliphatic rings. The van der Waals surface area contributed by atoms with Crippen molar-refractivity contribution in [1.82, 2.24) is 0 Å². The number of alkyl halides is 3. The molecule has 110 valence electrons. The second-order valence-corrected chi connectivity index (χ2v) is 4.64. The summed E-state index contributed by atoms with van der Waals surface area (Å²) >= 11 is 0. The first-order valence-electron chi connectivity index (χ1n) is 6.28. The Kier molecular flexibility index (Phi) is 4.40. The maximum absolute atomic E-state index is 13.1. The third kappa shape index (κ3) is 3.90. The molecule has 0 aromatic heterocycles. The van der Waals surface area contributed by atoms with Gasteiger partial charge < -0.3 is 0 Å². The second-order valence-electron chi connectivity index (χ2n) is 4.64. The fourth-order valence-corrected chi connectivity index (χ4v) is 2.05. The Labute approximate surface area is 119 Å². The predicted molar refractivity (Wildman–Crippen MR) is 70.6 cm³/mol. The molecular weight excluding hydrogens is 284 g/mol. The average molecular weight is 296 g/mol. The van der Waals surface area contributed by atoms with Crippen LogP contribution >= 0.6 is 0 Å². The van der Waals surface area contributed by atoms with Crippen LogP contribution in [0, 0.1) is 5.82 Å². The lowest BCUT2D eigenvalue weighted by molar-refractivity contribution is -0.149. The lowest BCUT2D eigenvalue weighted by atomic mass is 9.91. The van der Waals surface area contributed by atoms with E-state index >= 15 is 0 Å². The van der Waals surface area contributed by atoms with E-state index in [4.69, 9.17) is 0 Å². The number of halogens is 4. The number of benzene rings is 2. The number of Topliss-reactive ketones (excluding diaryl/α,β-unsaturated/α-hetero) is 1. The van der Waals surface area contributed by atoms with Gasteiger partial charge in [0.25, 0.3) is 0 Å². The smallest absolute Gasteiger partial charge is 0.294 e.